The molecule has 7 heteroatoms. The second kappa shape index (κ2) is 11.6. The van der Waals surface area contributed by atoms with Crippen LogP contribution in [0.3, 0.4) is 0 Å². The molecule has 0 unspecified atom stereocenters. The number of hydrogen-bond donors (Lipinski definition) is 2. The first kappa shape index (κ1) is 25.0. The van der Waals surface area contributed by atoms with Crippen molar-refractivity contribution in [1.29, 1.82) is 0 Å². The number of benzene rings is 3. The largest absolute Gasteiger partial charge is 0.450 e. The van der Waals surface area contributed by atoms with E-state index in [4.69, 9.17) is 14.7 Å². The van der Waals surface area contributed by atoms with Crippen molar-refractivity contribution >= 4 is 28.8 Å². The van der Waals surface area contributed by atoms with Gasteiger partial charge in [-0.15, -0.1) is 0 Å². The van der Waals surface area contributed by atoms with Crippen LogP contribution in [0.15, 0.2) is 91.0 Å². The molecular weight excluding hydrogens is 474 g/mol. The number of nitrogens with zero attached hydrogens (tertiary/aromatic N) is 3. The van der Waals surface area contributed by atoms with Crippen LogP contribution in [0.25, 0.3) is 22.4 Å². The molecule has 0 aliphatic carbocycles. The summed E-state index contributed by atoms with van der Waals surface area (Å²) in [6.07, 6.45) is 0.296. The van der Waals surface area contributed by atoms with Crippen LogP contribution < -0.4 is 10.2 Å². The van der Waals surface area contributed by atoms with E-state index in [0.29, 0.717) is 18.2 Å². The van der Waals surface area contributed by atoms with E-state index in [1.807, 2.05) is 36.4 Å². The Morgan fingerprint density at radius 1 is 0.921 bits per heavy atom. The van der Waals surface area contributed by atoms with Crippen molar-refractivity contribution in [2.75, 3.05) is 23.4 Å². The molecule has 2 aromatic heterocycles. The Labute approximate surface area is 222 Å². The third-order valence-corrected chi connectivity index (χ3v) is 6.28. The lowest BCUT2D eigenvalue weighted by atomic mass is 10.1. The Hall–Kier alpha value is -4.65. The van der Waals surface area contributed by atoms with Gasteiger partial charge in [0.2, 0.25) is 0 Å². The van der Waals surface area contributed by atoms with Gasteiger partial charge in [0, 0.05) is 24.7 Å². The maximum absolute atomic E-state index is 12.3. The summed E-state index contributed by atoms with van der Waals surface area (Å²) in [5, 5.41) is 2.78. The highest BCUT2D eigenvalue weighted by molar-refractivity contribution is 5.93. The van der Waals surface area contributed by atoms with Crippen LogP contribution in [0.4, 0.5) is 16.4 Å². The minimum Gasteiger partial charge on any atom is -0.450 e. The number of aromatic nitrogens is 3. The zero-order valence-corrected chi connectivity index (χ0v) is 21.6. The van der Waals surface area contributed by atoms with Crippen molar-refractivity contribution in [3.8, 4) is 11.4 Å². The van der Waals surface area contributed by atoms with Crippen LogP contribution in [0.2, 0.25) is 0 Å². The topological polar surface area (TPSA) is 83.1 Å². The number of aryl methyl sites for hydroxylation is 1. The highest BCUT2D eigenvalue weighted by Crippen LogP contribution is 2.31. The lowest BCUT2D eigenvalue weighted by Crippen LogP contribution is -2.27. The summed E-state index contributed by atoms with van der Waals surface area (Å²) in [6, 6.07) is 30.7. The van der Waals surface area contributed by atoms with Crippen molar-refractivity contribution < 1.29 is 9.53 Å². The number of imidazole rings is 1. The predicted molar refractivity (Wildman–Crippen MR) is 152 cm³/mol. The van der Waals surface area contributed by atoms with Crippen LogP contribution in [0.1, 0.15) is 23.6 Å². The normalized spacial score (nSPS) is 10.9. The molecule has 38 heavy (non-hydrogen) atoms. The maximum Gasteiger partial charge on any atom is 0.412 e. The number of pyridine rings is 1. The van der Waals surface area contributed by atoms with Gasteiger partial charge in [-0.2, -0.15) is 0 Å². The molecule has 0 saturated heterocycles. The van der Waals surface area contributed by atoms with E-state index in [9.17, 15) is 4.79 Å². The van der Waals surface area contributed by atoms with Crippen LogP contribution in [-0.2, 0) is 17.7 Å². The molecule has 0 radical (unpaired) electrons. The van der Waals surface area contributed by atoms with E-state index in [1.54, 1.807) is 13.0 Å². The lowest BCUT2D eigenvalue weighted by molar-refractivity contribution is 0.168. The number of aromatic amines is 1. The van der Waals surface area contributed by atoms with Gasteiger partial charge in [-0.05, 0) is 37.5 Å². The van der Waals surface area contributed by atoms with Gasteiger partial charge in [0.25, 0.3) is 0 Å². The average Bonchev–Trinajstić information content (AvgIpc) is 3.36. The molecule has 0 atom stereocenters. The van der Waals surface area contributed by atoms with Crippen LogP contribution in [0.5, 0.6) is 0 Å². The molecule has 0 aliphatic rings. The number of carbonyl (C=O) groups excluding carboxylic acids is 1. The average molecular weight is 506 g/mol. The zero-order valence-electron chi connectivity index (χ0n) is 21.6. The van der Waals surface area contributed by atoms with Crippen LogP contribution in [0, 0.1) is 6.92 Å². The minimum atomic E-state index is -0.539. The number of hydrogen-bond acceptors (Lipinski definition) is 5. The van der Waals surface area contributed by atoms with Gasteiger partial charge in [-0.3, -0.25) is 5.32 Å². The number of rotatable bonds is 9. The third-order valence-electron chi connectivity index (χ3n) is 6.28. The van der Waals surface area contributed by atoms with Crippen molar-refractivity contribution in [2.24, 2.45) is 0 Å². The van der Waals surface area contributed by atoms with Crippen LogP contribution in [-0.4, -0.2) is 34.2 Å². The molecule has 0 aliphatic heterocycles. The van der Waals surface area contributed by atoms with E-state index in [-0.39, 0.29) is 6.61 Å². The van der Waals surface area contributed by atoms with Gasteiger partial charge < -0.3 is 14.6 Å². The van der Waals surface area contributed by atoms with Gasteiger partial charge >= 0.3 is 6.09 Å². The van der Waals surface area contributed by atoms with E-state index in [1.165, 1.54) is 5.56 Å². The monoisotopic (exact) mass is 505 g/mol. The number of nitrogens with one attached hydrogen (secondary N) is 2. The first-order valence-corrected chi connectivity index (χ1v) is 12.8. The Morgan fingerprint density at radius 3 is 2.37 bits per heavy atom. The van der Waals surface area contributed by atoms with Gasteiger partial charge in [-0.1, -0.05) is 84.4 Å². The highest BCUT2D eigenvalue weighted by atomic mass is 16.5. The van der Waals surface area contributed by atoms with Crippen molar-refractivity contribution in [3.05, 3.63) is 108 Å². The molecule has 1 amide bonds. The number of amides is 1. The van der Waals surface area contributed by atoms with Crippen molar-refractivity contribution in [3.63, 3.8) is 0 Å². The SMILES string of the molecule is CCOC(=O)Nc1cc2[nH]c(-c3cccc(C)c3)nc2c(N(CCc2ccccc2)Cc2ccccc2)n1. The maximum atomic E-state index is 12.3. The second-order valence-electron chi connectivity index (χ2n) is 9.17. The molecular formula is C31H31N5O2. The Kier molecular flexibility index (Phi) is 7.64. The summed E-state index contributed by atoms with van der Waals surface area (Å²) < 4.78 is 5.12. The number of fused-ring (bicyclic) bond motifs is 1. The molecule has 2 N–H and O–H groups in total. The van der Waals surface area contributed by atoms with Gasteiger partial charge in [0.1, 0.15) is 17.2 Å². The fraction of sp³-hybridized carbons (Fsp3) is 0.194. The summed E-state index contributed by atoms with van der Waals surface area (Å²) in [5.41, 5.74) is 6.08. The summed E-state index contributed by atoms with van der Waals surface area (Å²) in [5.74, 6) is 1.86. The van der Waals surface area contributed by atoms with E-state index >= 15 is 0 Å². The van der Waals surface area contributed by atoms with Gasteiger partial charge in [0.15, 0.2) is 5.82 Å². The quantitative estimate of drug-likeness (QED) is 0.231. The number of ether oxygens (including phenoxy) is 1. The summed E-state index contributed by atoms with van der Waals surface area (Å²) >= 11 is 0. The molecule has 2 heterocycles. The standard InChI is InChI=1S/C31H31N5O2/c1-3-38-31(37)34-27-20-26-28(35-29(32-26)25-16-10-11-22(2)19-25)30(33-27)36(21-24-14-8-5-9-15-24)18-17-23-12-6-4-7-13-23/h4-16,19-20H,3,17-18,21H2,1-2H3,(H,32,35)(H,33,34,37). The smallest absolute Gasteiger partial charge is 0.412 e. The zero-order chi connectivity index (χ0) is 26.3. The molecule has 0 bridgehead atoms. The molecule has 5 rings (SSSR count). The summed E-state index contributed by atoms with van der Waals surface area (Å²) in [7, 11) is 0. The molecule has 0 fully saturated rings. The number of H-pyrrole nitrogens is 1. The molecule has 0 saturated carbocycles. The third kappa shape index (κ3) is 6.00. The lowest BCUT2D eigenvalue weighted by Gasteiger charge is -2.25. The second-order valence-corrected chi connectivity index (χ2v) is 9.17. The van der Waals surface area contributed by atoms with Crippen LogP contribution >= 0.6 is 0 Å². The fourth-order valence-corrected chi connectivity index (χ4v) is 4.46. The Balaban J connectivity index is 1.60. The van der Waals surface area contributed by atoms with E-state index < -0.39 is 6.09 Å². The number of carbonyl (C=O) groups is 1. The Bertz CT molecular complexity index is 1520. The molecule has 192 valence electrons. The molecule has 7 nitrogen and oxygen atoms in total. The predicted octanol–water partition coefficient (Wildman–Crippen LogP) is 6.75. The number of anilines is 2. The van der Waals surface area contributed by atoms with Crippen molar-refractivity contribution in [1.82, 2.24) is 15.0 Å². The first-order valence-electron chi connectivity index (χ1n) is 12.8. The van der Waals surface area contributed by atoms with Crippen molar-refractivity contribution in [2.45, 2.75) is 26.8 Å². The van der Waals surface area contributed by atoms with E-state index in [0.717, 1.165) is 46.5 Å². The molecule has 0 spiro atoms. The molecule has 5 aromatic rings. The van der Waals surface area contributed by atoms with Gasteiger partial charge in [0.05, 0.1) is 12.1 Å². The summed E-state index contributed by atoms with van der Waals surface area (Å²) in [4.78, 5) is 27.8. The Morgan fingerprint density at radius 2 is 1.66 bits per heavy atom. The van der Waals surface area contributed by atoms with E-state index in [2.05, 4.69) is 70.7 Å². The molecule has 3 aromatic carbocycles. The fourth-order valence-electron chi connectivity index (χ4n) is 4.46. The van der Waals surface area contributed by atoms with Gasteiger partial charge in [-0.25, -0.2) is 14.8 Å². The first-order chi connectivity index (χ1) is 18.6. The minimum absolute atomic E-state index is 0.277. The highest BCUT2D eigenvalue weighted by Gasteiger charge is 2.19. The summed E-state index contributed by atoms with van der Waals surface area (Å²) in [6.45, 7) is 5.48.